The zero-order chi connectivity index (χ0) is 12.3. The van der Waals surface area contributed by atoms with Gasteiger partial charge in [-0.1, -0.05) is 12.1 Å². The van der Waals surface area contributed by atoms with Gasteiger partial charge in [-0.25, -0.2) is 4.98 Å². The van der Waals surface area contributed by atoms with Crippen molar-refractivity contribution in [1.82, 2.24) is 9.97 Å². The lowest BCUT2D eigenvalue weighted by Gasteiger charge is -2.04. The molecule has 0 fully saturated rings. The van der Waals surface area contributed by atoms with Gasteiger partial charge in [-0.2, -0.15) is 5.26 Å². The van der Waals surface area contributed by atoms with E-state index in [1.54, 1.807) is 6.92 Å². The molecule has 0 aliphatic heterocycles. The molecule has 0 amide bonds. The van der Waals surface area contributed by atoms with Crippen LogP contribution in [0.4, 0.5) is 0 Å². The summed E-state index contributed by atoms with van der Waals surface area (Å²) in [4.78, 5) is 18.7. The minimum Gasteiger partial charge on any atom is -0.465 e. The Kier molecular flexibility index (Phi) is 3.06. The molecule has 0 saturated heterocycles. The molecular weight excluding hydrogens is 218 g/mol. The SMILES string of the molecule is CCOC(=O)C(C#N)c1nc2ccccc2[nH]1. The van der Waals surface area contributed by atoms with E-state index >= 15 is 0 Å². The lowest BCUT2D eigenvalue weighted by Crippen LogP contribution is -2.15. The number of fused-ring (bicyclic) bond motifs is 1. The van der Waals surface area contributed by atoms with Crippen LogP contribution in [0.2, 0.25) is 0 Å². The second-order valence-electron chi connectivity index (χ2n) is 3.45. The Hall–Kier alpha value is -2.35. The molecular formula is C12H11N3O2. The minimum atomic E-state index is -0.998. The summed E-state index contributed by atoms with van der Waals surface area (Å²) in [6, 6.07) is 9.25. The summed E-state index contributed by atoms with van der Waals surface area (Å²) in [6.07, 6.45) is 0. The van der Waals surface area contributed by atoms with Gasteiger partial charge >= 0.3 is 5.97 Å². The standard InChI is InChI=1S/C12H11N3O2/c1-2-17-12(16)8(7-13)11-14-9-5-3-4-6-10(9)15-11/h3-6,8H,2H2,1H3,(H,14,15). The van der Waals surface area contributed by atoms with E-state index in [-0.39, 0.29) is 6.61 Å². The molecule has 0 bridgehead atoms. The number of carbonyl (C=O) groups excluding carboxylic acids is 1. The first-order valence-electron chi connectivity index (χ1n) is 5.27. The number of hydrogen-bond donors (Lipinski definition) is 1. The van der Waals surface area contributed by atoms with Gasteiger partial charge in [-0.3, -0.25) is 4.79 Å². The Balaban J connectivity index is 2.37. The number of rotatable bonds is 3. The van der Waals surface area contributed by atoms with Crippen molar-refractivity contribution in [3.63, 3.8) is 0 Å². The summed E-state index contributed by atoms with van der Waals surface area (Å²) in [6.45, 7) is 1.95. The molecule has 1 unspecified atom stereocenters. The number of aromatic amines is 1. The van der Waals surface area contributed by atoms with Crippen molar-refractivity contribution in [2.75, 3.05) is 6.61 Å². The normalized spacial score (nSPS) is 12.0. The average Bonchev–Trinajstić information content (AvgIpc) is 2.73. The first-order valence-corrected chi connectivity index (χ1v) is 5.27. The third-order valence-corrected chi connectivity index (χ3v) is 2.33. The number of imidazole rings is 1. The zero-order valence-electron chi connectivity index (χ0n) is 9.30. The van der Waals surface area contributed by atoms with Gasteiger partial charge in [0.2, 0.25) is 5.92 Å². The second kappa shape index (κ2) is 4.66. The van der Waals surface area contributed by atoms with Crippen LogP contribution >= 0.6 is 0 Å². The van der Waals surface area contributed by atoms with Crippen LogP contribution in [-0.2, 0) is 9.53 Å². The van der Waals surface area contributed by atoms with Crippen molar-refractivity contribution < 1.29 is 9.53 Å². The molecule has 1 aromatic heterocycles. The molecule has 1 aromatic carbocycles. The number of ether oxygens (including phenoxy) is 1. The molecule has 1 N–H and O–H groups in total. The molecule has 1 heterocycles. The van der Waals surface area contributed by atoms with E-state index in [2.05, 4.69) is 9.97 Å². The third-order valence-electron chi connectivity index (χ3n) is 2.33. The molecule has 0 aliphatic rings. The maximum absolute atomic E-state index is 11.5. The Morgan fingerprint density at radius 3 is 3.00 bits per heavy atom. The summed E-state index contributed by atoms with van der Waals surface area (Å²) >= 11 is 0. The molecule has 2 aromatic rings. The summed E-state index contributed by atoms with van der Waals surface area (Å²) in [7, 11) is 0. The molecule has 0 radical (unpaired) electrons. The van der Waals surface area contributed by atoms with E-state index in [9.17, 15) is 4.79 Å². The molecule has 0 aliphatic carbocycles. The van der Waals surface area contributed by atoms with Crippen molar-refractivity contribution in [3.05, 3.63) is 30.1 Å². The van der Waals surface area contributed by atoms with Gasteiger partial charge in [0.15, 0.2) is 0 Å². The highest BCUT2D eigenvalue weighted by atomic mass is 16.5. The Labute approximate surface area is 98.0 Å². The lowest BCUT2D eigenvalue weighted by molar-refractivity contribution is -0.143. The highest BCUT2D eigenvalue weighted by molar-refractivity contribution is 5.82. The van der Waals surface area contributed by atoms with Crippen LogP contribution in [-0.4, -0.2) is 22.5 Å². The number of hydrogen-bond acceptors (Lipinski definition) is 4. The Bertz CT molecular complexity index is 550. The van der Waals surface area contributed by atoms with Crippen LogP contribution in [0.1, 0.15) is 18.7 Å². The van der Waals surface area contributed by atoms with E-state index in [0.717, 1.165) is 11.0 Å². The fraction of sp³-hybridized carbons (Fsp3) is 0.250. The number of nitriles is 1. The lowest BCUT2D eigenvalue weighted by atomic mass is 10.1. The fourth-order valence-electron chi connectivity index (χ4n) is 1.56. The van der Waals surface area contributed by atoms with Crippen LogP contribution in [0.3, 0.4) is 0 Å². The number of H-pyrrole nitrogens is 1. The molecule has 2 rings (SSSR count). The monoisotopic (exact) mass is 229 g/mol. The van der Waals surface area contributed by atoms with Crippen LogP contribution in [0.15, 0.2) is 24.3 Å². The van der Waals surface area contributed by atoms with Crippen LogP contribution in [0.5, 0.6) is 0 Å². The van der Waals surface area contributed by atoms with E-state index in [1.165, 1.54) is 0 Å². The van der Waals surface area contributed by atoms with Crippen LogP contribution in [0.25, 0.3) is 11.0 Å². The quantitative estimate of drug-likeness (QED) is 0.813. The smallest absolute Gasteiger partial charge is 0.331 e. The van der Waals surface area contributed by atoms with E-state index in [0.29, 0.717) is 5.82 Å². The largest absolute Gasteiger partial charge is 0.465 e. The molecule has 86 valence electrons. The maximum Gasteiger partial charge on any atom is 0.331 e. The molecule has 17 heavy (non-hydrogen) atoms. The van der Waals surface area contributed by atoms with Crippen molar-refractivity contribution in [2.45, 2.75) is 12.8 Å². The molecule has 0 spiro atoms. The predicted molar refractivity (Wildman–Crippen MR) is 61.1 cm³/mol. The summed E-state index contributed by atoms with van der Waals surface area (Å²) < 4.78 is 4.82. The number of para-hydroxylation sites is 2. The fourth-order valence-corrected chi connectivity index (χ4v) is 1.56. The van der Waals surface area contributed by atoms with E-state index in [4.69, 9.17) is 10.00 Å². The Morgan fingerprint density at radius 2 is 2.35 bits per heavy atom. The van der Waals surface area contributed by atoms with Gasteiger partial charge in [0.25, 0.3) is 0 Å². The van der Waals surface area contributed by atoms with Crippen molar-refractivity contribution in [1.29, 1.82) is 5.26 Å². The van der Waals surface area contributed by atoms with Crippen molar-refractivity contribution >= 4 is 17.0 Å². The van der Waals surface area contributed by atoms with E-state index < -0.39 is 11.9 Å². The number of nitrogens with zero attached hydrogens (tertiary/aromatic N) is 2. The maximum atomic E-state index is 11.5. The van der Waals surface area contributed by atoms with Gasteiger partial charge < -0.3 is 9.72 Å². The molecule has 5 heteroatoms. The molecule has 1 atom stereocenters. The van der Waals surface area contributed by atoms with Gasteiger partial charge in [0.05, 0.1) is 23.7 Å². The van der Waals surface area contributed by atoms with Gasteiger partial charge in [0.1, 0.15) is 5.82 Å². The zero-order valence-corrected chi connectivity index (χ0v) is 9.30. The first-order chi connectivity index (χ1) is 8.26. The van der Waals surface area contributed by atoms with Gasteiger partial charge in [-0.15, -0.1) is 0 Å². The summed E-state index contributed by atoms with van der Waals surface area (Å²) in [5.74, 6) is -1.25. The number of esters is 1. The average molecular weight is 229 g/mol. The predicted octanol–water partition coefficient (Wildman–Crippen LogP) is 1.73. The summed E-state index contributed by atoms with van der Waals surface area (Å²) in [5.41, 5.74) is 1.53. The van der Waals surface area contributed by atoms with Gasteiger partial charge in [-0.05, 0) is 19.1 Å². The molecule has 5 nitrogen and oxygen atoms in total. The number of carbonyl (C=O) groups is 1. The van der Waals surface area contributed by atoms with Gasteiger partial charge in [0, 0.05) is 0 Å². The Morgan fingerprint density at radius 1 is 1.59 bits per heavy atom. The van der Waals surface area contributed by atoms with E-state index in [1.807, 2.05) is 30.3 Å². The third kappa shape index (κ3) is 2.11. The number of aromatic nitrogens is 2. The number of benzene rings is 1. The minimum absolute atomic E-state index is 0.247. The van der Waals surface area contributed by atoms with Crippen LogP contribution < -0.4 is 0 Å². The van der Waals surface area contributed by atoms with Crippen molar-refractivity contribution in [2.24, 2.45) is 0 Å². The molecule has 0 saturated carbocycles. The van der Waals surface area contributed by atoms with Crippen LogP contribution in [0, 0.1) is 11.3 Å². The number of nitrogens with one attached hydrogen (secondary N) is 1. The highest BCUT2D eigenvalue weighted by Crippen LogP contribution is 2.18. The highest BCUT2D eigenvalue weighted by Gasteiger charge is 2.24. The first kappa shape index (κ1) is 11.1. The van der Waals surface area contributed by atoms with Crippen molar-refractivity contribution in [3.8, 4) is 6.07 Å². The topological polar surface area (TPSA) is 78.8 Å². The second-order valence-corrected chi connectivity index (χ2v) is 3.45. The summed E-state index contributed by atoms with van der Waals surface area (Å²) in [5, 5.41) is 8.99.